The molecule has 0 spiro atoms. The van der Waals surface area contributed by atoms with E-state index in [2.05, 4.69) is 47.9 Å². The van der Waals surface area contributed by atoms with Crippen molar-refractivity contribution in [1.29, 1.82) is 0 Å². The third kappa shape index (κ3) is 5.25. The molecule has 21 heavy (non-hydrogen) atoms. The summed E-state index contributed by atoms with van der Waals surface area (Å²) in [7, 11) is 0. The normalized spacial score (nSPS) is 20.2. The zero-order valence-electron chi connectivity index (χ0n) is 13.7. The van der Waals surface area contributed by atoms with Crippen molar-refractivity contribution < 1.29 is 4.74 Å². The Labute approximate surface area is 128 Å². The van der Waals surface area contributed by atoms with Crippen molar-refractivity contribution in [2.24, 2.45) is 5.92 Å². The number of morpholine rings is 1. The van der Waals surface area contributed by atoms with Gasteiger partial charge in [0.2, 0.25) is 0 Å². The Kier molecular flexibility index (Phi) is 5.94. The van der Waals surface area contributed by atoms with Gasteiger partial charge < -0.3 is 10.1 Å². The molecule has 1 aromatic heterocycles. The number of anilines is 1. The maximum atomic E-state index is 5.84. The molecule has 1 aliphatic heterocycles. The predicted molar refractivity (Wildman–Crippen MR) is 85.6 cm³/mol. The lowest BCUT2D eigenvalue weighted by Gasteiger charge is -2.34. The third-order valence-electron chi connectivity index (χ3n) is 3.55. The molecule has 1 atom stereocenters. The molecule has 2 heterocycles. The van der Waals surface area contributed by atoms with Crippen LogP contribution in [0, 0.1) is 5.92 Å². The molecule has 1 aromatic rings. The molecule has 1 fully saturated rings. The van der Waals surface area contributed by atoms with Crippen LogP contribution in [-0.4, -0.2) is 53.8 Å². The first-order valence-electron chi connectivity index (χ1n) is 7.95. The van der Waals surface area contributed by atoms with E-state index >= 15 is 0 Å². The lowest BCUT2D eigenvalue weighted by molar-refractivity contribution is -0.0244. The number of ether oxygens (including phenoxy) is 1. The first-order chi connectivity index (χ1) is 10.0. The van der Waals surface area contributed by atoms with E-state index in [1.807, 2.05) is 12.3 Å². The summed E-state index contributed by atoms with van der Waals surface area (Å²) in [5.74, 6) is 2.82. The van der Waals surface area contributed by atoms with Crippen molar-refractivity contribution in [3.8, 4) is 0 Å². The van der Waals surface area contributed by atoms with Crippen LogP contribution < -0.4 is 5.32 Å². The van der Waals surface area contributed by atoms with E-state index in [9.17, 15) is 0 Å². The molecular formula is C16H28N4O. The van der Waals surface area contributed by atoms with Crippen LogP contribution in [-0.2, 0) is 4.74 Å². The van der Waals surface area contributed by atoms with E-state index in [1.165, 1.54) is 0 Å². The molecule has 0 aromatic carbocycles. The second-order valence-electron chi connectivity index (χ2n) is 6.48. The Balaban J connectivity index is 1.83. The van der Waals surface area contributed by atoms with E-state index < -0.39 is 0 Å². The highest BCUT2D eigenvalue weighted by atomic mass is 16.5. The Morgan fingerprint density at radius 2 is 2.19 bits per heavy atom. The fraction of sp³-hybridized carbons (Fsp3) is 0.750. The SMILES string of the molecule is CC(C)CN1CCOC(CNc2ccnc(C(C)C)n2)C1. The number of hydrogen-bond donors (Lipinski definition) is 1. The van der Waals surface area contributed by atoms with E-state index in [4.69, 9.17) is 4.74 Å². The van der Waals surface area contributed by atoms with Crippen LogP contribution in [0.4, 0.5) is 5.82 Å². The first-order valence-corrected chi connectivity index (χ1v) is 7.95. The highest BCUT2D eigenvalue weighted by molar-refractivity contribution is 5.33. The Morgan fingerprint density at radius 3 is 2.90 bits per heavy atom. The van der Waals surface area contributed by atoms with Crippen LogP contribution in [0.25, 0.3) is 0 Å². The van der Waals surface area contributed by atoms with Gasteiger partial charge >= 0.3 is 0 Å². The van der Waals surface area contributed by atoms with Crippen molar-refractivity contribution in [2.45, 2.75) is 39.7 Å². The number of aromatic nitrogens is 2. The molecule has 0 bridgehead atoms. The van der Waals surface area contributed by atoms with Gasteiger partial charge in [0.1, 0.15) is 11.6 Å². The lowest BCUT2D eigenvalue weighted by atomic mass is 10.2. The summed E-state index contributed by atoms with van der Waals surface area (Å²) in [5.41, 5.74) is 0. The van der Waals surface area contributed by atoms with Crippen molar-refractivity contribution in [3.63, 3.8) is 0 Å². The van der Waals surface area contributed by atoms with Gasteiger partial charge in [0.05, 0.1) is 12.7 Å². The maximum Gasteiger partial charge on any atom is 0.133 e. The van der Waals surface area contributed by atoms with Gasteiger partial charge in [0.25, 0.3) is 0 Å². The monoisotopic (exact) mass is 292 g/mol. The van der Waals surface area contributed by atoms with Crippen LogP contribution in [0.5, 0.6) is 0 Å². The maximum absolute atomic E-state index is 5.84. The van der Waals surface area contributed by atoms with Gasteiger partial charge in [-0.15, -0.1) is 0 Å². The van der Waals surface area contributed by atoms with Crippen LogP contribution in [0.2, 0.25) is 0 Å². The van der Waals surface area contributed by atoms with Crippen molar-refractivity contribution in [2.75, 3.05) is 38.1 Å². The van der Waals surface area contributed by atoms with Gasteiger partial charge in [0, 0.05) is 38.3 Å². The van der Waals surface area contributed by atoms with E-state index in [-0.39, 0.29) is 6.10 Å². The molecule has 1 N–H and O–H groups in total. The zero-order valence-corrected chi connectivity index (χ0v) is 13.7. The van der Waals surface area contributed by atoms with Gasteiger partial charge in [-0.1, -0.05) is 27.7 Å². The van der Waals surface area contributed by atoms with Gasteiger partial charge in [0.15, 0.2) is 0 Å². The lowest BCUT2D eigenvalue weighted by Crippen LogP contribution is -2.46. The molecule has 0 amide bonds. The predicted octanol–water partition coefficient (Wildman–Crippen LogP) is 2.37. The molecule has 1 unspecified atom stereocenters. The summed E-state index contributed by atoms with van der Waals surface area (Å²) in [6.45, 7) is 13.5. The average molecular weight is 292 g/mol. The quantitative estimate of drug-likeness (QED) is 0.872. The van der Waals surface area contributed by atoms with Gasteiger partial charge in [-0.3, -0.25) is 4.90 Å². The first kappa shape index (κ1) is 16.2. The van der Waals surface area contributed by atoms with E-state index in [0.29, 0.717) is 11.8 Å². The molecule has 5 heteroatoms. The largest absolute Gasteiger partial charge is 0.374 e. The van der Waals surface area contributed by atoms with Gasteiger partial charge in [-0.05, 0) is 12.0 Å². The van der Waals surface area contributed by atoms with Crippen LogP contribution in [0.15, 0.2) is 12.3 Å². The summed E-state index contributed by atoms with van der Waals surface area (Å²) in [4.78, 5) is 11.3. The molecule has 118 valence electrons. The summed E-state index contributed by atoms with van der Waals surface area (Å²) in [5, 5.41) is 3.38. The second-order valence-corrected chi connectivity index (χ2v) is 6.48. The number of nitrogens with zero attached hydrogens (tertiary/aromatic N) is 3. The molecule has 2 rings (SSSR count). The zero-order chi connectivity index (χ0) is 15.2. The standard InChI is InChI=1S/C16H28N4O/c1-12(2)10-20-7-8-21-14(11-20)9-18-15-5-6-17-16(19-15)13(3)4/h5-6,12-14H,7-11H2,1-4H3,(H,17,18,19). The molecular weight excluding hydrogens is 264 g/mol. The number of nitrogens with one attached hydrogen (secondary N) is 1. The van der Waals surface area contributed by atoms with Crippen molar-refractivity contribution in [1.82, 2.24) is 14.9 Å². The number of hydrogen-bond acceptors (Lipinski definition) is 5. The summed E-state index contributed by atoms with van der Waals surface area (Å²) >= 11 is 0. The molecule has 1 aliphatic rings. The van der Waals surface area contributed by atoms with E-state index in [1.54, 1.807) is 0 Å². The summed E-state index contributed by atoms with van der Waals surface area (Å²) < 4.78 is 5.84. The van der Waals surface area contributed by atoms with Crippen LogP contribution >= 0.6 is 0 Å². The Hall–Kier alpha value is -1.20. The molecule has 5 nitrogen and oxygen atoms in total. The minimum atomic E-state index is 0.231. The van der Waals surface area contributed by atoms with Crippen molar-refractivity contribution in [3.05, 3.63) is 18.1 Å². The van der Waals surface area contributed by atoms with E-state index in [0.717, 1.165) is 44.4 Å². The summed E-state index contributed by atoms with van der Waals surface area (Å²) in [6, 6.07) is 1.92. The average Bonchev–Trinajstić information content (AvgIpc) is 2.45. The Bertz CT molecular complexity index is 436. The summed E-state index contributed by atoms with van der Waals surface area (Å²) in [6.07, 6.45) is 2.05. The van der Waals surface area contributed by atoms with Crippen LogP contribution in [0.3, 0.4) is 0 Å². The highest BCUT2D eigenvalue weighted by Gasteiger charge is 2.20. The van der Waals surface area contributed by atoms with Crippen molar-refractivity contribution >= 4 is 5.82 Å². The molecule has 1 saturated heterocycles. The molecule has 0 radical (unpaired) electrons. The Morgan fingerprint density at radius 1 is 1.38 bits per heavy atom. The van der Waals surface area contributed by atoms with Gasteiger partial charge in [-0.2, -0.15) is 0 Å². The third-order valence-corrected chi connectivity index (χ3v) is 3.55. The van der Waals surface area contributed by atoms with Gasteiger partial charge in [-0.25, -0.2) is 9.97 Å². The second kappa shape index (κ2) is 7.71. The van der Waals surface area contributed by atoms with Crippen LogP contribution in [0.1, 0.15) is 39.4 Å². The smallest absolute Gasteiger partial charge is 0.133 e. The highest BCUT2D eigenvalue weighted by Crippen LogP contribution is 2.12. The molecule has 0 aliphatic carbocycles. The fourth-order valence-electron chi connectivity index (χ4n) is 2.55. The minimum absolute atomic E-state index is 0.231. The fourth-order valence-corrected chi connectivity index (χ4v) is 2.55. The minimum Gasteiger partial charge on any atom is -0.374 e. The molecule has 0 saturated carbocycles. The number of rotatable bonds is 6. The topological polar surface area (TPSA) is 50.3 Å².